The van der Waals surface area contributed by atoms with E-state index in [1.807, 2.05) is 6.08 Å². The first-order valence-electron chi connectivity index (χ1n) is 7.67. The van der Waals surface area contributed by atoms with Crippen LogP contribution in [0, 0.1) is 36.5 Å². The van der Waals surface area contributed by atoms with Gasteiger partial charge in [-0.3, -0.25) is 0 Å². The van der Waals surface area contributed by atoms with Crippen molar-refractivity contribution in [2.24, 2.45) is 0 Å². The molecule has 0 aliphatic heterocycles. The number of allylic oxidation sites excluding steroid dienone is 1. The van der Waals surface area contributed by atoms with Crippen LogP contribution in [-0.4, -0.2) is 21.8 Å². The Labute approximate surface area is 147 Å². The zero-order valence-corrected chi connectivity index (χ0v) is 15.5. The van der Waals surface area contributed by atoms with Crippen molar-refractivity contribution in [3.8, 4) is 36.5 Å². The highest BCUT2D eigenvalue weighted by Gasteiger charge is 2.17. The minimum atomic E-state index is -1.50. The summed E-state index contributed by atoms with van der Waals surface area (Å²) < 4.78 is 2.48. The minimum absolute atomic E-state index is 0.119. The minimum Gasteiger partial charge on any atom is -0.247 e. The molecule has 0 N–H and O–H groups in total. The maximum absolute atomic E-state index is 12.3. The SMILES string of the molecule is C#CCn1c(=O)n(CC#C)c(=O)n(CC#CC[Si](C)(C)CC=C)c1=O. The van der Waals surface area contributed by atoms with Crippen molar-refractivity contribution in [2.45, 2.75) is 44.8 Å². The van der Waals surface area contributed by atoms with Crippen LogP contribution in [0.1, 0.15) is 0 Å². The number of rotatable bonds is 6. The summed E-state index contributed by atoms with van der Waals surface area (Å²) in [5.74, 6) is 10.3. The molecule has 130 valence electrons. The van der Waals surface area contributed by atoms with Crippen molar-refractivity contribution >= 4 is 8.07 Å². The van der Waals surface area contributed by atoms with Gasteiger partial charge in [-0.05, 0) is 6.04 Å². The van der Waals surface area contributed by atoms with Gasteiger partial charge in [-0.2, -0.15) is 0 Å². The van der Waals surface area contributed by atoms with Crippen LogP contribution < -0.4 is 17.1 Å². The molecule has 0 radical (unpaired) electrons. The highest BCUT2D eigenvalue weighted by Crippen LogP contribution is 2.14. The van der Waals surface area contributed by atoms with Crippen LogP contribution in [0.2, 0.25) is 25.2 Å². The van der Waals surface area contributed by atoms with Crippen molar-refractivity contribution < 1.29 is 0 Å². The zero-order valence-electron chi connectivity index (χ0n) is 14.5. The molecule has 0 aromatic carbocycles. The fourth-order valence-electron chi connectivity index (χ4n) is 2.17. The van der Waals surface area contributed by atoms with E-state index in [9.17, 15) is 14.4 Å². The monoisotopic (exact) mass is 355 g/mol. The van der Waals surface area contributed by atoms with Gasteiger partial charge in [0.15, 0.2) is 0 Å². The molecule has 0 aliphatic carbocycles. The molecule has 0 unspecified atom stereocenters. The van der Waals surface area contributed by atoms with Gasteiger partial charge in [0.1, 0.15) is 0 Å². The van der Waals surface area contributed by atoms with Crippen LogP contribution in [0.3, 0.4) is 0 Å². The van der Waals surface area contributed by atoms with Gasteiger partial charge in [0, 0.05) is 6.04 Å². The quantitative estimate of drug-likeness (QED) is 0.420. The fraction of sp³-hybridized carbons (Fsp3) is 0.389. The van der Waals surface area contributed by atoms with Crippen LogP contribution in [-0.2, 0) is 19.6 Å². The molecule has 0 saturated heterocycles. The smallest absolute Gasteiger partial charge is 0.247 e. The third-order valence-corrected chi connectivity index (χ3v) is 6.04. The molecule has 1 heterocycles. The van der Waals surface area contributed by atoms with Crippen LogP contribution in [0.25, 0.3) is 0 Å². The number of hydrogen-bond donors (Lipinski definition) is 0. The van der Waals surface area contributed by atoms with E-state index in [2.05, 4.69) is 43.4 Å². The second kappa shape index (κ2) is 8.77. The van der Waals surface area contributed by atoms with Gasteiger partial charge in [0.05, 0.1) is 27.7 Å². The van der Waals surface area contributed by atoms with Crippen LogP contribution in [0.5, 0.6) is 0 Å². The lowest BCUT2D eigenvalue weighted by Crippen LogP contribution is -2.54. The maximum atomic E-state index is 12.3. The molecule has 0 amide bonds. The lowest BCUT2D eigenvalue weighted by atomic mass is 10.5. The maximum Gasteiger partial charge on any atom is 0.338 e. The van der Waals surface area contributed by atoms with E-state index < -0.39 is 25.1 Å². The third-order valence-electron chi connectivity index (χ3n) is 3.51. The summed E-state index contributed by atoms with van der Waals surface area (Å²) in [4.78, 5) is 36.8. The zero-order chi connectivity index (χ0) is 19.0. The predicted molar refractivity (Wildman–Crippen MR) is 102 cm³/mol. The topological polar surface area (TPSA) is 66.0 Å². The molecule has 25 heavy (non-hydrogen) atoms. The Morgan fingerprint density at radius 2 is 1.36 bits per heavy atom. The fourth-order valence-corrected chi connectivity index (χ4v) is 3.70. The summed E-state index contributed by atoms with van der Waals surface area (Å²) in [6.07, 6.45) is 12.3. The molecule has 0 aliphatic rings. The van der Waals surface area contributed by atoms with Crippen molar-refractivity contribution in [1.82, 2.24) is 13.7 Å². The Balaban J connectivity index is 3.30. The van der Waals surface area contributed by atoms with E-state index in [-0.39, 0.29) is 19.6 Å². The van der Waals surface area contributed by atoms with E-state index >= 15 is 0 Å². The highest BCUT2D eigenvalue weighted by molar-refractivity contribution is 6.78. The van der Waals surface area contributed by atoms with Gasteiger partial charge in [-0.15, -0.1) is 25.3 Å². The summed E-state index contributed by atoms with van der Waals surface area (Å²) in [6.45, 7) is 7.50. The molecule has 1 aromatic heterocycles. The van der Waals surface area contributed by atoms with Crippen LogP contribution >= 0.6 is 0 Å². The molecule has 0 bridgehead atoms. The van der Waals surface area contributed by atoms with E-state index in [1.54, 1.807) is 0 Å². The summed E-state index contributed by atoms with van der Waals surface area (Å²) in [6, 6.07) is 1.65. The largest absolute Gasteiger partial charge is 0.338 e. The molecule has 1 aromatic rings. The number of aromatic nitrogens is 3. The van der Waals surface area contributed by atoms with Gasteiger partial charge in [-0.1, -0.05) is 36.9 Å². The Morgan fingerprint density at radius 3 is 1.76 bits per heavy atom. The molecule has 0 fully saturated rings. The van der Waals surface area contributed by atoms with Crippen molar-refractivity contribution in [3.05, 3.63) is 44.1 Å². The molecule has 0 atom stereocenters. The van der Waals surface area contributed by atoms with Crippen molar-refractivity contribution in [2.75, 3.05) is 0 Å². The molecular weight excluding hydrogens is 334 g/mol. The first-order chi connectivity index (χ1) is 11.8. The summed E-state index contributed by atoms with van der Waals surface area (Å²) in [5, 5.41) is 0. The van der Waals surface area contributed by atoms with E-state index in [4.69, 9.17) is 12.8 Å². The molecule has 0 spiro atoms. The molecule has 7 heteroatoms. The number of terminal acetylenes is 2. The van der Waals surface area contributed by atoms with Gasteiger partial charge in [-0.25, -0.2) is 28.1 Å². The molecule has 0 saturated carbocycles. The predicted octanol–water partition coefficient (Wildman–Crippen LogP) is 0.336. The lowest BCUT2D eigenvalue weighted by Gasteiger charge is -2.16. The third kappa shape index (κ3) is 5.01. The van der Waals surface area contributed by atoms with Gasteiger partial charge in [0.25, 0.3) is 0 Å². The van der Waals surface area contributed by atoms with E-state index in [0.717, 1.165) is 25.8 Å². The normalized spacial score (nSPS) is 10.2. The van der Waals surface area contributed by atoms with Crippen molar-refractivity contribution in [3.63, 3.8) is 0 Å². The second-order valence-corrected chi connectivity index (χ2v) is 11.3. The van der Waals surface area contributed by atoms with E-state index in [1.165, 1.54) is 0 Å². The van der Waals surface area contributed by atoms with E-state index in [0.29, 0.717) is 0 Å². The van der Waals surface area contributed by atoms with Gasteiger partial charge in [0.2, 0.25) is 0 Å². The van der Waals surface area contributed by atoms with Crippen LogP contribution in [0.15, 0.2) is 27.0 Å². The van der Waals surface area contributed by atoms with Crippen LogP contribution in [0.4, 0.5) is 0 Å². The summed E-state index contributed by atoms with van der Waals surface area (Å²) >= 11 is 0. The highest BCUT2D eigenvalue weighted by atomic mass is 28.3. The van der Waals surface area contributed by atoms with Crippen molar-refractivity contribution in [1.29, 1.82) is 0 Å². The average Bonchev–Trinajstić information content (AvgIpc) is 2.54. The Hall–Kier alpha value is -2.95. The number of nitrogens with zero attached hydrogens (tertiary/aromatic N) is 3. The Morgan fingerprint density at radius 1 is 0.920 bits per heavy atom. The lowest BCUT2D eigenvalue weighted by molar-refractivity contribution is 0.511. The molecule has 6 nitrogen and oxygen atoms in total. The Bertz CT molecular complexity index is 915. The Kier molecular flexibility index (Phi) is 7.05. The summed E-state index contributed by atoms with van der Waals surface area (Å²) in [7, 11) is -1.50. The summed E-state index contributed by atoms with van der Waals surface area (Å²) in [5.41, 5.74) is -2.37. The standard InChI is InChI=1S/C18H21N3O3Si/c1-6-11-19-16(22)20(12-7-2)18(24)21(17(19)23)13-9-10-15-25(4,5)14-8-3/h1-2,8H,3,11-15H2,4-5H3. The molecule has 1 rings (SSSR count). The molecular formula is C18H21N3O3Si. The van der Waals surface area contributed by atoms with Gasteiger partial charge >= 0.3 is 17.1 Å². The second-order valence-electron chi connectivity index (χ2n) is 6.20. The average molecular weight is 355 g/mol. The first kappa shape index (κ1) is 20.1. The van der Waals surface area contributed by atoms with Gasteiger partial charge < -0.3 is 0 Å². The first-order valence-corrected chi connectivity index (χ1v) is 11.1. The number of hydrogen-bond acceptors (Lipinski definition) is 3.